The van der Waals surface area contributed by atoms with E-state index in [4.69, 9.17) is 35.5 Å². The number of methoxy groups -OCH3 is 2. The summed E-state index contributed by atoms with van der Waals surface area (Å²) in [5.74, 6) is 4.04. The lowest BCUT2D eigenvalue weighted by Crippen LogP contribution is -2.76. The first kappa shape index (κ1) is 22.1. The van der Waals surface area contributed by atoms with Gasteiger partial charge >= 0.3 is 11.2 Å². The Bertz CT molecular complexity index is 2100. The number of ether oxygens (including phenoxy) is 4. The zero-order valence-electron chi connectivity index (χ0n) is 22.0. The van der Waals surface area contributed by atoms with Gasteiger partial charge in [-0.1, -0.05) is 12.1 Å². The van der Waals surface area contributed by atoms with Crippen molar-refractivity contribution in [1.82, 2.24) is 5.10 Å². The topological polar surface area (TPSA) is 110 Å². The van der Waals surface area contributed by atoms with Crippen LogP contribution >= 0.6 is 7.53 Å². The first-order chi connectivity index (χ1) is 20.0. The van der Waals surface area contributed by atoms with E-state index in [9.17, 15) is 0 Å². The Kier molecular flexibility index (Phi) is 3.65. The van der Waals surface area contributed by atoms with Crippen molar-refractivity contribution in [2.24, 2.45) is 11.5 Å². The molecule has 3 atom stereocenters. The Morgan fingerprint density at radius 3 is 1.83 bits per heavy atom. The molecule has 198 valence electrons. The van der Waals surface area contributed by atoms with E-state index in [-0.39, 0.29) is 0 Å². The predicted molar refractivity (Wildman–Crippen MR) is 151 cm³/mol. The lowest BCUT2D eigenvalue weighted by molar-refractivity contribution is -0.875. The molecule has 0 amide bonds. The number of aromatic nitrogens is 3. The van der Waals surface area contributed by atoms with Gasteiger partial charge in [0.05, 0.1) is 27.3 Å². The molecule has 10 rings (SSSR count). The van der Waals surface area contributed by atoms with Gasteiger partial charge in [-0.05, 0) is 59.3 Å². The predicted octanol–water partition coefficient (Wildman–Crippen LogP) is 4.21. The molecule has 6 aromatic rings. The summed E-state index contributed by atoms with van der Waals surface area (Å²) in [7, 11) is 2.19. The van der Waals surface area contributed by atoms with Crippen LogP contribution in [0.4, 0.5) is 0 Å². The first-order valence-corrected chi connectivity index (χ1v) is 14.6. The maximum absolute atomic E-state index is 7.71. The summed E-state index contributed by atoms with van der Waals surface area (Å²) in [6, 6.07) is 19.9. The van der Waals surface area contributed by atoms with Crippen LogP contribution < -0.4 is 39.7 Å². The molecule has 0 aliphatic carbocycles. The fraction of sp³-hybridized carbons (Fsp3) is 0.129. The van der Waals surface area contributed by atoms with Crippen LogP contribution in [0, 0.1) is 0 Å². The Hall–Kier alpha value is -4.69. The molecule has 0 spiro atoms. The molecular weight excluding hydrogens is 537 g/mol. The van der Waals surface area contributed by atoms with Crippen LogP contribution in [0.1, 0.15) is 22.3 Å². The zero-order valence-corrected chi connectivity index (χ0v) is 22.9. The van der Waals surface area contributed by atoms with E-state index in [1.165, 1.54) is 0 Å². The highest BCUT2D eigenvalue weighted by molar-refractivity contribution is 7.67. The summed E-state index contributed by atoms with van der Waals surface area (Å²) >= 11 is 0. The molecule has 9 nitrogen and oxygen atoms in total. The van der Waals surface area contributed by atoms with Crippen molar-refractivity contribution >= 4 is 28.5 Å². The highest BCUT2D eigenvalue weighted by Gasteiger charge is 2.66. The monoisotopic (exact) mass is 559 g/mol. The maximum atomic E-state index is 7.71. The first-order valence-electron chi connectivity index (χ1n) is 13.3. The largest absolute Gasteiger partial charge is 0.496 e. The highest BCUT2D eigenvalue weighted by atomic mass is 31.1. The molecule has 0 saturated carbocycles. The van der Waals surface area contributed by atoms with Crippen molar-refractivity contribution in [3.63, 3.8) is 0 Å². The van der Waals surface area contributed by atoms with Gasteiger partial charge < -0.3 is 18.9 Å². The fourth-order valence-electron chi connectivity index (χ4n) is 7.60. The third-order valence-corrected chi connectivity index (χ3v) is 11.7. The van der Waals surface area contributed by atoms with Crippen LogP contribution in [0.5, 0.6) is 34.5 Å². The molecule has 0 fully saturated rings. The van der Waals surface area contributed by atoms with E-state index in [0.29, 0.717) is 23.0 Å². The molecule has 4 aliphatic heterocycles. The highest BCUT2D eigenvalue weighted by Crippen LogP contribution is 2.67. The van der Waals surface area contributed by atoms with Crippen LogP contribution in [0.25, 0.3) is 26.6 Å². The molecule has 0 radical (unpaired) electrons. The van der Waals surface area contributed by atoms with Crippen LogP contribution in [-0.4, -0.2) is 19.3 Å². The maximum Gasteiger partial charge on any atom is 0.492 e. The van der Waals surface area contributed by atoms with Crippen molar-refractivity contribution in [2.45, 2.75) is 11.3 Å². The number of hydrogen-bond donors (Lipinski definition) is 2. The molecule has 3 unspecified atom stereocenters. The SMILES string of the molecule is COc1cccc2c1C1(N)c3c(ccc4c5ccc6c7c5p(c34)-c3[n+]1ccn[n+]3C7(N)c1c(OC)cccc1O6)O2. The molecule has 6 heterocycles. The summed E-state index contributed by atoms with van der Waals surface area (Å²) < 4.78 is 28.9. The number of hydrogen-bond acceptors (Lipinski definition) is 7. The van der Waals surface area contributed by atoms with E-state index in [1.54, 1.807) is 20.4 Å². The number of nitrogens with two attached hydrogens (primary N) is 2. The van der Waals surface area contributed by atoms with Gasteiger partial charge in [-0.15, -0.1) is 4.57 Å². The van der Waals surface area contributed by atoms with Gasteiger partial charge in [0.2, 0.25) is 6.20 Å². The van der Waals surface area contributed by atoms with Gasteiger partial charge in [-0.3, -0.25) is 11.5 Å². The van der Waals surface area contributed by atoms with Gasteiger partial charge in [0, 0.05) is 20.0 Å². The molecule has 0 saturated heterocycles. The number of benzene rings is 4. The second-order valence-corrected chi connectivity index (χ2v) is 12.8. The van der Waals surface area contributed by atoms with Crippen molar-refractivity contribution in [3.05, 3.63) is 95.3 Å². The summed E-state index contributed by atoms with van der Waals surface area (Å²) in [5, 5.41) is 9.55. The van der Waals surface area contributed by atoms with E-state index < -0.39 is 18.9 Å². The minimum absolute atomic E-state index is 0.631. The van der Waals surface area contributed by atoms with Gasteiger partial charge in [0.15, 0.2) is 6.20 Å². The van der Waals surface area contributed by atoms with E-state index in [0.717, 1.165) is 60.3 Å². The van der Waals surface area contributed by atoms with Gasteiger partial charge in [0.25, 0.3) is 5.66 Å². The van der Waals surface area contributed by atoms with E-state index >= 15 is 0 Å². The number of rotatable bonds is 2. The van der Waals surface area contributed by atoms with Crippen LogP contribution in [0.15, 0.2) is 73.1 Å². The molecule has 4 N–H and O–H groups in total. The van der Waals surface area contributed by atoms with Gasteiger partial charge in [0.1, 0.15) is 51.2 Å². The van der Waals surface area contributed by atoms with E-state index in [1.807, 2.05) is 59.4 Å². The molecule has 10 heteroatoms. The number of fused-ring (bicyclic) bond motifs is 7. The third kappa shape index (κ3) is 2.14. The zero-order chi connectivity index (χ0) is 27.4. The summed E-state index contributed by atoms with van der Waals surface area (Å²) in [5.41, 5.74) is 17.3. The minimum Gasteiger partial charge on any atom is -0.496 e. The normalized spacial score (nSPS) is 21.7. The van der Waals surface area contributed by atoms with Crippen LogP contribution in [0.3, 0.4) is 0 Å². The van der Waals surface area contributed by atoms with Crippen molar-refractivity contribution in [1.29, 1.82) is 0 Å². The molecule has 41 heavy (non-hydrogen) atoms. The Balaban J connectivity index is 1.50. The fourth-order valence-corrected chi connectivity index (χ4v) is 10.9. The Labute approximate surface area is 234 Å². The molecular formula is C31H22N5O4P+2. The lowest BCUT2D eigenvalue weighted by Gasteiger charge is -2.38. The second-order valence-electron chi connectivity index (χ2n) is 10.8. The minimum atomic E-state index is -1.22. The van der Waals surface area contributed by atoms with Crippen LogP contribution in [0.2, 0.25) is 0 Å². The van der Waals surface area contributed by atoms with Gasteiger partial charge in [-0.2, -0.15) is 0 Å². The smallest absolute Gasteiger partial charge is 0.492 e. The summed E-state index contributed by atoms with van der Waals surface area (Å²) in [6.45, 7) is 0. The third-order valence-electron chi connectivity index (χ3n) is 9.11. The molecule has 2 aromatic heterocycles. The Morgan fingerprint density at radius 2 is 1.24 bits per heavy atom. The second kappa shape index (κ2) is 6.78. The molecule has 0 bridgehead atoms. The summed E-state index contributed by atoms with van der Waals surface area (Å²) in [4.78, 5) is 0. The van der Waals surface area contributed by atoms with Crippen molar-refractivity contribution < 1.29 is 28.2 Å². The number of nitrogens with zero attached hydrogens (tertiary/aromatic N) is 3. The lowest BCUT2D eigenvalue weighted by atomic mass is 9.86. The summed E-state index contributed by atoms with van der Waals surface area (Å²) in [6.07, 6.45) is 3.71. The quantitative estimate of drug-likeness (QED) is 0.306. The van der Waals surface area contributed by atoms with E-state index in [2.05, 4.69) is 16.7 Å². The average Bonchev–Trinajstić information content (AvgIpc) is 3.34. The van der Waals surface area contributed by atoms with Crippen molar-refractivity contribution in [3.8, 4) is 40.1 Å². The average molecular weight is 560 g/mol. The molecule has 4 aliphatic rings. The standard InChI is InChI=1S/C31H22N5O4P/c1-37-17-5-3-7-19-23(17)30(32)25-21(39-19)11-9-15-16-10-12-22-26-28(16)41(27(15)25)29-35(30)14-13-34-36(29)31(26,33)24-18(38-2)6-4-8-20(24)40-22/h3-14H,32-33H2,1-2H3/q+2. The van der Waals surface area contributed by atoms with Gasteiger partial charge in [-0.25, -0.2) is 0 Å². The molecule has 4 aromatic carbocycles. The van der Waals surface area contributed by atoms with Crippen molar-refractivity contribution in [2.75, 3.05) is 14.2 Å². The van der Waals surface area contributed by atoms with Crippen LogP contribution in [-0.2, 0) is 11.3 Å². The Morgan fingerprint density at radius 1 is 0.707 bits per heavy atom.